The van der Waals surface area contributed by atoms with Crippen LogP contribution in [-0.2, 0) is 14.3 Å². The van der Waals surface area contributed by atoms with Gasteiger partial charge in [-0.05, 0) is 83.5 Å². The zero-order chi connectivity index (χ0) is 45.1. The molecule has 0 aliphatic heterocycles. The number of rotatable bonds is 50. The summed E-state index contributed by atoms with van der Waals surface area (Å²) in [5, 5.41) is 22.9. The monoisotopic (exact) mass is 872 g/mol. The number of carbonyl (C=O) groups is 2. The lowest BCUT2D eigenvalue weighted by Crippen LogP contribution is -2.45. The lowest BCUT2D eigenvalue weighted by Gasteiger charge is -2.20. The Hall–Kier alpha value is -1.92. The fourth-order valence-corrected chi connectivity index (χ4v) is 8.15. The minimum Gasteiger partial charge on any atom is -0.466 e. The number of esters is 1. The van der Waals surface area contributed by atoms with E-state index in [9.17, 15) is 19.8 Å². The summed E-state index contributed by atoms with van der Waals surface area (Å²) in [6.07, 6.45) is 63.1. The molecule has 1 amide bonds. The van der Waals surface area contributed by atoms with Crippen LogP contribution in [0, 0.1) is 0 Å². The molecule has 3 N–H and O–H groups in total. The topological polar surface area (TPSA) is 95.9 Å². The molecule has 0 aromatic carbocycles. The van der Waals surface area contributed by atoms with Gasteiger partial charge in [-0.15, -0.1) is 0 Å². The second kappa shape index (κ2) is 51.7. The molecule has 0 aromatic heterocycles. The van der Waals surface area contributed by atoms with Gasteiger partial charge in [0.15, 0.2) is 0 Å². The standard InChI is InChI=1S/C56H105NO5/c1-3-5-7-9-11-13-14-15-16-20-24-27-30-34-38-42-46-50-56(61)62-51-47-43-39-35-31-28-25-22-19-17-18-21-23-26-29-33-37-41-45-49-55(60)57-53(52-58)54(59)48-44-40-36-32-12-10-8-6-4-2/h15-18,44,48,53-54,58-59H,3-14,19-43,45-47,49-52H2,1-2H3,(H,57,60)/b16-15-,18-17-,48-44+. The van der Waals surface area contributed by atoms with E-state index in [4.69, 9.17) is 4.74 Å². The van der Waals surface area contributed by atoms with Gasteiger partial charge in [-0.25, -0.2) is 0 Å². The zero-order valence-corrected chi connectivity index (χ0v) is 41.4. The van der Waals surface area contributed by atoms with Crippen molar-refractivity contribution in [3.05, 3.63) is 36.5 Å². The maximum absolute atomic E-state index is 12.4. The van der Waals surface area contributed by atoms with E-state index in [1.807, 2.05) is 6.08 Å². The second-order valence-corrected chi connectivity index (χ2v) is 18.5. The van der Waals surface area contributed by atoms with Crippen LogP contribution in [0.5, 0.6) is 0 Å². The highest BCUT2D eigenvalue weighted by molar-refractivity contribution is 5.76. The lowest BCUT2D eigenvalue weighted by molar-refractivity contribution is -0.143. The number of hydrogen-bond acceptors (Lipinski definition) is 5. The Bertz CT molecular complexity index is 1010. The van der Waals surface area contributed by atoms with Crippen molar-refractivity contribution in [1.82, 2.24) is 5.32 Å². The summed E-state index contributed by atoms with van der Waals surface area (Å²) in [5.74, 6) is -0.0819. The fourth-order valence-electron chi connectivity index (χ4n) is 8.15. The quantitative estimate of drug-likeness (QED) is 0.0321. The van der Waals surface area contributed by atoms with E-state index < -0.39 is 12.1 Å². The van der Waals surface area contributed by atoms with Crippen molar-refractivity contribution in [2.24, 2.45) is 0 Å². The summed E-state index contributed by atoms with van der Waals surface area (Å²) in [4.78, 5) is 24.4. The fraction of sp³-hybridized carbons (Fsp3) is 0.857. The molecular formula is C56H105NO5. The number of allylic oxidation sites excluding steroid dienone is 5. The Morgan fingerprint density at radius 2 is 0.758 bits per heavy atom. The molecule has 0 rings (SSSR count). The van der Waals surface area contributed by atoms with Gasteiger partial charge in [0.2, 0.25) is 5.91 Å². The molecule has 0 radical (unpaired) electrons. The summed E-state index contributed by atoms with van der Waals surface area (Å²) >= 11 is 0. The third-order valence-electron chi connectivity index (χ3n) is 12.4. The first-order chi connectivity index (χ1) is 30.5. The third-order valence-corrected chi connectivity index (χ3v) is 12.4. The molecule has 0 saturated heterocycles. The summed E-state index contributed by atoms with van der Waals surface area (Å²) in [6, 6.07) is -0.633. The van der Waals surface area contributed by atoms with Gasteiger partial charge in [0.25, 0.3) is 0 Å². The van der Waals surface area contributed by atoms with E-state index in [-0.39, 0.29) is 18.5 Å². The van der Waals surface area contributed by atoms with Crippen LogP contribution in [0.25, 0.3) is 0 Å². The van der Waals surface area contributed by atoms with Crippen LogP contribution in [0.4, 0.5) is 0 Å². The van der Waals surface area contributed by atoms with E-state index in [1.54, 1.807) is 6.08 Å². The smallest absolute Gasteiger partial charge is 0.305 e. The summed E-state index contributed by atoms with van der Waals surface area (Å²) < 4.78 is 5.48. The number of hydrogen-bond donors (Lipinski definition) is 3. The van der Waals surface area contributed by atoms with Crippen molar-refractivity contribution >= 4 is 11.9 Å². The van der Waals surface area contributed by atoms with Crippen molar-refractivity contribution < 1.29 is 24.5 Å². The number of amides is 1. The first-order valence-corrected chi connectivity index (χ1v) is 27.3. The predicted molar refractivity (Wildman–Crippen MR) is 269 cm³/mol. The number of aliphatic hydroxyl groups excluding tert-OH is 2. The number of aliphatic hydroxyl groups is 2. The van der Waals surface area contributed by atoms with Crippen molar-refractivity contribution in [2.45, 2.75) is 296 Å². The molecule has 0 aliphatic rings. The van der Waals surface area contributed by atoms with E-state index in [0.29, 0.717) is 19.4 Å². The van der Waals surface area contributed by atoms with Crippen molar-refractivity contribution in [3.8, 4) is 0 Å². The van der Waals surface area contributed by atoms with Crippen LogP contribution in [0.3, 0.4) is 0 Å². The van der Waals surface area contributed by atoms with Crippen molar-refractivity contribution in [2.75, 3.05) is 13.2 Å². The minimum atomic E-state index is -0.848. The molecule has 6 nitrogen and oxygen atoms in total. The van der Waals surface area contributed by atoms with Crippen LogP contribution < -0.4 is 5.32 Å². The first-order valence-electron chi connectivity index (χ1n) is 27.3. The van der Waals surface area contributed by atoms with Crippen LogP contribution in [0.15, 0.2) is 36.5 Å². The molecule has 0 heterocycles. The Labute approximate surface area is 385 Å². The Morgan fingerprint density at radius 3 is 1.15 bits per heavy atom. The Kier molecular flexibility index (Phi) is 50.1. The molecule has 0 saturated carbocycles. The maximum atomic E-state index is 12.4. The van der Waals surface area contributed by atoms with Gasteiger partial charge in [0.05, 0.1) is 25.4 Å². The molecule has 0 aliphatic carbocycles. The molecule has 62 heavy (non-hydrogen) atoms. The Balaban J connectivity index is 3.42. The lowest BCUT2D eigenvalue weighted by atomic mass is 10.1. The molecule has 0 aromatic rings. The van der Waals surface area contributed by atoms with Gasteiger partial charge < -0.3 is 20.3 Å². The molecule has 0 fully saturated rings. The van der Waals surface area contributed by atoms with Gasteiger partial charge in [-0.3, -0.25) is 9.59 Å². The Morgan fingerprint density at radius 1 is 0.435 bits per heavy atom. The third kappa shape index (κ3) is 47.6. The highest BCUT2D eigenvalue weighted by atomic mass is 16.5. The zero-order valence-electron chi connectivity index (χ0n) is 41.4. The average Bonchev–Trinajstić information content (AvgIpc) is 3.27. The van der Waals surface area contributed by atoms with Gasteiger partial charge in [0, 0.05) is 12.8 Å². The second-order valence-electron chi connectivity index (χ2n) is 18.5. The van der Waals surface area contributed by atoms with Crippen LogP contribution >= 0.6 is 0 Å². The molecule has 6 heteroatoms. The average molecular weight is 872 g/mol. The van der Waals surface area contributed by atoms with Gasteiger partial charge in [0.1, 0.15) is 0 Å². The first kappa shape index (κ1) is 60.1. The van der Waals surface area contributed by atoms with E-state index in [0.717, 1.165) is 51.4 Å². The number of carbonyl (C=O) groups excluding carboxylic acids is 2. The summed E-state index contributed by atoms with van der Waals surface area (Å²) in [6.45, 7) is 4.85. The SMILES string of the molecule is CCCCCCCC/C=C\CCCCCCCCCC(=O)OCCCCCCCCCC/C=C\CCCCCCCCCC(=O)NC(CO)C(O)/C=C/CCCCCCCCC. The minimum absolute atomic E-state index is 0.000862. The van der Waals surface area contributed by atoms with E-state index in [1.165, 1.54) is 205 Å². The number of unbranched alkanes of at least 4 members (excludes halogenated alkanes) is 35. The normalized spacial score (nSPS) is 12.9. The van der Waals surface area contributed by atoms with E-state index >= 15 is 0 Å². The largest absolute Gasteiger partial charge is 0.466 e. The van der Waals surface area contributed by atoms with Crippen molar-refractivity contribution in [3.63, 3.8) is 0 Å². The molecule has 0 spiro atoms. The molecular weight excluding hydrogens is 767 g/mol. The number of ether oxygens (including phenoxy) is 1. The van der Waals surface area contributed by atoms with Gasteiger partial charge >= 0.3 is 5.97 Å². The van der Waals surface area contributed by atoms with Crippen LogP contribution in [0.1, 0.15) is 284 Å². The highest BCUT2D eigenvalue weighted by Gasteiger charge is 2.18. The summed E-state index contributed by atoms with van der Waals surface area (Å²) in [5.41, 5.74) is 0. The molecule has 2 unspecified atom stereocenters. The van der Waals surface area contributed by atoms with E-state index in [2.05, 4.69) is 43.5 Å². The predicted octanol–water partition coefficient (Wildman–Crippen LogP) is 16.5. The van der Waals surface area contributed by atoms with Gasteiger partial charge in [-0.1, -0.05) is 224 Å². The van der Waals surface area contributed by atoms with Crippen LogP contribution in [0.2, 0.25) is 0 Å². The highest BCUT2D eigenvalue weighted by Crippen LogP contribution is 2.15. The van der Waals surface area contributed by atoms with Crippen LogP contribution in [-0.4, -0.2) is 47.4 Å². The maximum Gasteiger partial charge on any atom is 0.305 e. The molecule has 364 valence electrons. The number of nitrogens with one attached hydrogen (secondary N) is 1. The van der Waals surface area contributed by atoms with Crippen molar-refractivity contribution in [1.29, 1.82) is 0 Å². The van der Waals surface area contributed by atoms with Gasteiger partial charge in [-0.2, -0.15) is 0 Å². The summed E-state index contributed by atoms with van der Waals surface area (Å²) in [7, 11) is 0. The molecule has 2 atom stereocenters. The molecule has 0 bridgehead atoms.